The van der Waals surface area contributed by atoms with Crippen LogP contribution in [-0.4, -0.2) is 38.7 Å². The molecule has 0 saturated carbocycles. The molecular formula is C12H20N4O3. The lowest BCUT2D eigenvalue weighted by atomic mass is 10.3. The van der Waals surface area contributed by atoms with Crippen LogP contribution in [0.15, 0.2) is 49.1 Å². The zero-order chi connectivity index (χ0) is 13.6. The van der Waals surface area contributed by atoms with Crippen LogP contribution in [-0.2, 0) is 0 Å². The molecule has 2 aromatic rings. The predicted octanol–water partition coefficient (Wildman–Crippen LogP) is -0.347. The Morgan fingerprint density at radius 1 is 0.789 bits per heavy atom. The molecule has 0 fully saturated rings. The maximum Gasteiger partial charge on any atom is 0.157 e. The molecule has 0 saturated heterocycles. The monoisotopic (exact) mass is 268 g/mol. The van der Waals surface area contributed by atoms with Crippen LogP contribution in [0.25, 0.3) is 0 Å². The van der Waals surface area contributed by atoms with Crippen molar-refractivity contribution in [1.82, 2.24) is 9.97 Å². The number of phenols is 2. The van der Waals surface area contributed by atoms with Gasteiger partial charge in [0.2, 0.25) is 0 Å². The fourth-order valence-corrected chi connectivity index (χ4v) is 0.718. The van der Waals surface area contributed by atoms with Gasteiger partial charge in [0.25, 0.3) is 0 Å². The second-order valence-electron chi connectivity index (χ2n) is 2.96. The normalized spacial score (nSPS) is 7.89. The summed E-state index contributed by atoms with van der Waals surface area (Å²) in [6.45, 7) is 1.19. The first-order valence-electron chi connectivity index (χ1n) is 5.29. The second kappa shape index (κ2) is 13.8. The highest BCUT2D eigenvalue weighted by Gasteiger charge is 1.90. The Labute approximate surface area is 111 Å². The van der Waals surface area contributed by atoms with Crippen molar-refractivity contribution >= 4 is 0 Å². The van der Waals surface area contributed by atoms with Gasteiger partial charge in [-0.25, -0.2) is 0 Å². The Hall–Kier alpha value is -2.22. The van der Waals surface area contributed by atoms with E-state index in [1.165, 1.54) is 12.1 Å². The molecule has 0 aliphatic heterocycles. The van der Waals surface area contributed by atoms with Gasteiger partial charge in [0, 0.05) is 37.9 Å². The lowest BCUT2D eigenvalue weighted by molar-refractivity contribution is 0.404. The highest BCUT2D eigenvalue weighted by molar-refractivity contribution is 5.36. The number of aromatic nitrogens is 2. The minimum atomic E-state index is -0.0764. The van der Waals surface area contributed by atoms with Gasteiger partial charge in [0.1, 0.15) is 0 Å². The van der Waals surface area contributed by atoms with E-state index in [0.29, 0.717) is 13.1 Å². The Kier molecular flexibility index (Phi) is 13.9. The third-order valence-electron chi connectivity index (χ3n) is 1.53. The van der Waals surface area contributed by atoms with Gasteiger partial charge in [0.05, 0.1) is 0 Å². The first-order valence-corrected chi connectivity index (χ1v) is 5.29. The van der Waals surface area contributed by atoms with Crippen molar-refractivity contribution in [3.05, 3.63) is 49.1 Å². The average molecular weight is 268 g/mol. The molecule has 8 N–H and O–H groups in total. The van der Waals surface area contributed by atoms with E-state index >= 15 is 0 Å². The molecular weight excluding hydrogens is 248 g/mol. The molecule has 0 aliphatic carbocycles. The Morgan fingerprint density at radius 2 is 1.11 bits per heavy atom. The Balaban J connectivity index is 0. The zero-order valence-electron chi connectivity index (χ0n) is 10.5. The van der Waals surface area contributed by atoms with Gasteiger partial charge in [0.15, 0.2) is 11.5 Å². The summed E-state index contributed by atoms with van der Waals surface area (Å²) < 4.78 is 0. The summed E-state index contributed by atoms with van der Waals surface area (Å²) >= 11 is 0. The van der Waals surface area contributed by atoms with Crippen molar-refractivity contribution < 1.29 is 15.7 Å². The first kappa shape index (κ1) is 19.1. The number of nitrogens with two attached hydrogens (primary N) is 2. The van der Waals surface area contributed by atoms with Crippen molar-refractivity contribution in [1.29, 1.82) is 0 Å². The molecule has 0 radical (unpaired) electrons. The van der Waals surface area contributed by atoms with E-state index < -0.39 is 0 Å². The van der Waals surface area contributed by atoms with Crippen molar-refractivity contribution in [2.75, 3.05) is 13.1 Å². The third-order valence-corrected chi connectivity index (χ3v) is 1.53. The van der Waals surface area contributed by atoms with Crippen LogP contribution < -0.4 is 11.5 Å². The average Bonchev–Trinajstić information content (AvgIpc) is 2.45. The summed E-state index contributed by atoms with van der Waals surface area (Å²) in [5, 5.41) is 17.3. The molecule has 1 aromatic heterocycles. The van der Waals surface area contributed by atoms with Gasteiger partial charge < -0.3 is 27.2 Å². The molecule has 0 atom stereocenters. The third kappa shape index (κ3) is 12.0. The fraction of sp³-hybridized carbons (Fsp3) is 0.167. The molecule has 0 unspecified atom stereocenters. The number of phenolic OH excluding ortho intramolecular Hbond substituents is 2. The quantitative estimate of drug-likeness (QED) is 0.519. The van der Waals surface area contributed by atoms with Crippen LogP contribution in [0, 0.1) is 0 Å². The molecule has 7 nitrogen and oxygen atoms in total. The number of rotatable bonds is 1. The standard InChI is InChI=1S/C6H6O2.C4H4N2.C2H8N2.H2O/c7-5-3-1-2-4-6(5)8;1-2-6-4-3-5-1;3-1-2-4;/h1-4,7-8H;1-4H;1-4H2;1H2. The molecule has 0 spiro atoms. The fourth-order valence-electron chi connectivity index (χ4n) is 0.718. The van der Waals surface area contributed by atoms with Gasteiger partial charge in [-0.15, -0.1) is 0 Å². The summed E-state index contributed by atoms with van der Waals surface area (Å²) in [6, 6.07) is 6.15. The van der Waals surface area contributed by atoms with E-state index in [9.17, 15) is 0 Å². The summed E-state index contributed by atoms with van der Waals surface area (Å²) in [4.78, 5) is 7.44. The van der Waals surface area contributed by atoms with E-state index in [1.807, 2.05) is 0 Å². The number of hydrogen-bond acceptors (Lipinski definition) is 6. The number of hydrogen-bond donors (Lipinski definition) is 4. The number of aromatic hydroxyl groups is 2. The SMILES string of the molecule is NCCN.O.Oc1ccccc1O.c1cnccn1. The van der Waals surface area contributed by atoms with Crippen LogP contribution >= 0.6 is 0 Å². The lowest BCUT2D eigenvalue weighted by Gasteiger charge is -1.91. The van der Waals surface area contributed by atoms with E-state index in [0.717, 1.165) is 0 Å². The van der Waals surface area contributed by atoms with Gasteiger partial charge in [-0.1, -0.05) is 12.1 Å². The molecule has 1 heterocycles. The predicted molar refractivity (Wildman–Crippen MR) is 73.5 cm³/mol. The van der Waals surface area contributed by atoms with Crippen LogP contribution in [0.4, 0.5) is 0 Å². The second-order valence-corrected chi connectivity index (χ2v) is 2.96. The molecule has 19 heavy (non-hydrogen) atoms. The van der Waals surface area contributed by atoms with Crippen LogP contribution in [0.3, 0.4) is 0 Å². The molecule has 7 heteroatoms. The number of nitrogens with zero attached hydrogens (tertiary/aromatic N) is 2. The van der Waals surface area contributed by atoms with E-state index in [2.05, 4.69) is 9.97 Å². The van der Waals surface area contributed by atoms with E-state index in [4.69, 9.17) is 21.7 Å². The molecule has 2 rings (SSSR count). The molecule has 0 aliphatic rings. The van der Waals surface area contributed by atoms with Gasteiger partial charge in [-0.2, -0.15) is 0 Å². The van der Waals surface area contributed by atoms with Crippen LogP contribution in [0.1, 0.15) is 0 Å². The summed E-state index contributed by atoms with van der Waals surface area (Å²) in [5.41, 5.74) is 9.81. The van der Waals surface area contributed by atoms with E-state index in [-0.39, 0.29) is 17.0 Å². The minimum absolute atomic E-state index is 0. The summed E-state index contributed by atoms with van der Waals surface area (Å²) in [5.74, 6) is -0.153. The number of benzene rings is 1. The van der Waals surface area contributed by atoms with Crippen molar-refractivity contribution in [3.8, 4) is 11.5 Å². The molecule has 106 valence electrons. The van der Waals surface area contributed by atoms with Crippen LogP contribution in [0.5, 0.6) is 11.5 Å². The van der Waals surface area contributed by atoms with Gasteiger partial charge in [-0.05, 0) is 12.1 Å². The molecule has 1 aromatic carbocycles. The smallest absolute Gasteiger partial charge is 0.157 e. The Morgan fingerprint density at radius 3 is 1.26 bits per heavy atom. The first-order chi connectivity index (χ1) is 8.72. The van der Waals surface area contributed by atoms with Gasteiger partial charge in [-0.3, -0.25) is 9.97 Å². The molecule has 0 bridgehead atoms. The topological polar surface area (TPSA) is 150 Å². The van der Waals surface area contributed by atoms with Crippen LogP contribution in [0.2, 0.25) is 0 Å². The maximum atomic E-state index is 8.67. The minimum Gasteiger partial charge on any atom is -0.504 e. The highest BCUT2D eigenvalue weighted by Crippen LogP contribution is 2.21. The largest absolute Gasteiger partial charge is 0.504 e. The summed E-state index contributed by atoms with van der Waals surface area (Å²) in [7, 11) is 0. The number of para-hydroxylation sites is 2. The van der Waals surface area contributed by atoms with Gasteiger partial charge >= 0.3 is 0 Å². The van der Waals surface area contributed by atoms with E-state index in [1.54, 1.807) is 36.9 Å². The van der Waals surface area contributed by atoms with Crippen molar-refractivity contribution in [2.24, 2.45) is 11.5 Å². The molecule has 0 amide bonds. The highest BCUT2D eigenvalue weighted by atomic mass is 16.3. The Bertz CT molecular complexity index is 351. The zero-order valence-corrected chi connectivity index (χ0v) is 10.5. The van der Waals surface area contributed by atoms with Crippen molar-refractivity contribution in [3.63, 3.8) is 0 Å². The van der Waals surface area contributed by atoms with Crippen molar-refractivity contribution in [2.45, 2.75) is 0 Å². The lowest BCUT2D eigenvalue weighted by Crippen LogP contribution is -2.11. The maximum absolute atomic E-state index is 8.67. The summed E-state index contributed by atoms with van der Waals surface area (Å²) in [6.07, 6.45) is 6.56.